The van der Waals surface area contributed by atoms with Crippen LogP contribution in [0.15, 0.2) is 23.1 Å². The lowest BCUT2D eigenvalue weighted by Crippen LogP contribution is -2.40. The van der Waals surface area contributed by atoms with Crippen LogP contribution in [0.5, 0.6) is 0 Å². The number of rotatable bonds is 5. The molecule has 6 heteroatoms. The first-order valence-corrected chi connectivity index (χ1v) is 5.43. The van der Waals surface area contributed by atoms with Crippen LogP contribution >= 0.6 is 0 Å². The van der Waals surface area contributed by atoms with Gasteiger partial charge < -0.3 is 20.7 Å². The maximum Gasteiger partial charge on any atom is 0.251 e. The van der Waals surface area contributed by atoms with Crippen molar-refractivity contribution in [1.29, 1.82) is 0 Å². The first-order chi connectivity index (χ1) is 8.06. The van der Waals surface area contributed by atoms with Gasteiger partial charge in [0.05, 0.1) is 12.6 Å². The summed E-state index contributed by atoms with van der Waals surface area (Å²) < 4.78 is 1.23. The maximum atomic E-state index is 11.6. The molecule has 1 aromatic heterocycles. The molecule has 1 amide bonds. The number of aromatic nitrogens is 1. The highest BCUT2D eigenvalue weighted by Gasteiger charge is 2.10. The molecule has 1 aromatic rings. The molecule has 0 spiro atoms. The third-order valence-corrected chi connectivity index (χ3v) is 2.40. The summed E-state index contributed by atoms with van der Waals surface area (Å²) in [5, 5.41) is 11.6. The van der Waals surface area contributed by atoms with Gasteiger partial charge in [-0.15, -0.1) is 0 Å². The highest BCUT2D eigenvalue weighted by Crippen LogP contribution is 1.96. The molecule has 0 radical (unpaired) electrons. The quantitative estimate of drug-likeness (QED) is 0.634. The van der Waals surface area contributed by atoms with Gasteiger partial charge in [-0.25, -0.2) is 0 Å². The van der Waals surface area contributed by atoms with E-state index in [-0.39, 0.29) is 30.7 Å². The molecule has 0 fully saturated rings. The van der Waals surface area contributed by atoms with Gasteiger partial charge in [-0.2, -0.15) is 0 Å². The van der Waals surface area contributed by atoms with Gasteiger partial charge in [0.15, 0.2) is 0 Å². The molecule has 0 unspecified atom stereocenters. The third-order valence-electron chi connectivity index (χ3n) is 2.40. The van der Waals surface area contributed by atoms with E-state index in [1.807, 2.05) is 6.92 Å². The van der Waals surface area contributed by atoms with E-state index in [1.54, 1.807) is 0 Å². The van der Waals surface area contributed by atoms with E-state index in [1.165, 1.54) is 22.9 Å². The lowest BCUT2D eigenvalue weighted by molar-refractivity contribution is -0.122. The minimum absolute atomic E-state index is 0.0969. The predicted octanol–water partition coefficient (Wildman–Crippen LogP) is -0.682. The summed E-state index contributed by atoms with van der Waals surface area (Å²) in [6.45, 7) is 1.64. The number of nitrogens with one attached hydrogen (secondary N) is 1. The number of nitrogens with zero attached hydrogens (tertiary/aromatic N) is 1. The van der Waals surface area contributed by atoms with Crippen molar-refractivity contribution in [3.05, 3.63) is 28.7 Å². The van der Waals surface area contributed by atoms with E-state index in [4.69, 9.17) is 10.8 Å². The van der Waals surface area contributed by atoms with E-state index in [9.17, 15) is 9.59 Å². The standard InChI is InChI=1S/C11H17N3O3/c1-2-9(7-15)13-10(16)6-14-5-8(12)3-4-11(14)17/h3-5,9,15H,2,6-7,12H2,1H3,(H,13,16)/t9-/m1/s1. The Balaban J connectivity index is 2.68. The molecular formula is C11H17N3O3. The van der Waals surface area contributed by atoms with Crippen LogP contribution in [0, 0.1) is 0 Å². The van der Waals surface area contributed by atoms with E-state index >= 15 is 0 Å². The number of hydrogen-bond donors (Lipinski definition) is 3. The van der Waals surface area contributed by atoms with E-state index in [0.29, 0.717) is 12.1 Å². The monoisotopic (exact) mass is 239 g/mol. The molecule has 0 bridgehead atoms. The molecule has 0 saturated carbocycles. The lowest BCUT2D eigenvalue weighted by Gasteiger charge is -2.14. The number of carbonyl (C=O) groups is 1. The smallest absolute Gasteiger partial charge is 0.251 e. The summed E-state index contributed by atoms with van der Waals surface area (Å²) in [6.07, 6.45) is 2.05. The molecule has 1 rings (SSSR count). The zero-order valence-corrected chi connectivity index (χ0v) is 9.72. The van der Waals surface area contributed by atoms with Crippen molar-refractivity contribution in [2.75, 3.05) is 12.3 Å². The number of carbonyl (C=O) groups excluding carboxylic acids is 1. The van der Waals surface area contributed by atoms with Crippen LogP contribution in [0.3, 0.4) is 0 Å². The van der Waals surface area contributed by atoms with Gasteiger partial charge in [-0.1, -0.05) is 6.92 Å². The van der Waals surface area contributed by atoms with Crippen LogP contribution < -0.4 is 16.6 Å². The Hall–Kier alpha value is -1.82. The molecule has 94 valence electrons. The van der Waals surface area contributed by atoms with Gasteiger partial charge in [0.1, 0.15) is 6.54 Å². The number of aliphatic hydroxyl groups is 1. The number of nitrogens with two attached hydrogens (primary N) is 1. The van der Waals surface area contributed by atoms with E-state index < -0.39 is 0 Å². The van der Waals surface area contributed by atoms with Crippen molar-refractivity contribution in [2.24, 2.45) is 0 Å². The van der Waals surface area contributed by atoms with Crippen LogP contribution in [-0.4, -0.2) is 28.2 Å². The highest BCUT2D eigenvalue weighted by molar-refractivity contribution is 5.76. The van der Waals surface area contributed by atoms with Gasteiger partial charge in [-0.3, -0.25) is 9.59 Å². The number of hydrogen-bond acceptors (Lipinski definition) is 4. The molecule has 6 nitrogen and oxygen atoms in total. The summed E-state index contributed by atoms with van der Waals surface area (Å²) in [7, 11) is 0. The number of pyridine rings is 1. The average molecular weight is 239 g/mol. The van der Waals surface area contributed by atoms with Crippen molar-refractivity contribution in [3.63, 3.8) is 0 Å². The minimum atomic E-state index is -0.321. The number of amides is 1. The van der Waals surface area contributed by atoms with Crippen LogP contribution in [-0.2, 0) is 11.3 Å². The Kier molecular flexibility index (Phi) is 4.71. The predicted molar refractivity (Wildman–Crippen MR) is 64.4 cm³/mol. The fourth-order valence-corrected chi connectivity index (χ4v) is 1.38. The molecule has 0 aliphatic rings. The molecular weight excluding hydrogens is 222 g/mol. The largest absolute Gasteiger partial charge is 0.398 e. The number of nitrogen functional groups attached to an aromatic ring is 1. The molecule has 0 saturated heterocycles. The van der Waals surface area contributed by atoms with Crippen LogP contribution in [0.25, 0.3) is 0 Å². The summed E-state index contributed by atoms with van der Waals surface area (Å²) in [4.78, 5) is 23.0. The summed E-state index contributed by atoms with van der Waals surface area (Å²) >= 11 is 0. The van der Waals surface area contributed by atoms with Crippen LogP contribution in [0.2, 0.25) is 0 Å². The van der Waals surface area contributed by atoms with E-state index in [0.717, 1.165) is 0 Å². The van der Waals surface area contributed by atoms with Crippen molar-refractivity contribution in [1.82, 2.24) is 9.88 Å². The molecule has 0 aromatic carbocycles. The zero-order valence-electron chi connectivity index (χ0n) is 9.72. The molecule has 1 atom stereocenters. The normalized spacial score (nSPS) is 12.1. The van der Waals surface area contributed by atoms with Gasteiger partial charge in [-0.05, 0) is 12.5 Å². The first-order valence-electron chi connectivity index (χ1n) is 5.43. The molecule has 1 heterocycles. The Morgan fingerprint density at radius 3 is 2.88 bits per heavy atom. The third kappa shape index (κ3) is 3.92. The fourth-order valence-electron chi connectivity index (χ4n) is 1.38. The second kappa shape index (κ2) is 6.05. The molecule has 0 aliphatic heterocycles. The Morgan fingerprint density at radius 2 is 2.29 bits per heavy atom. The van der Waals surface area contributed by atoms with Crippen molar-refractivity contribution >= 4 is 11.6 Å². The average Bonchev–Trinajstić information content (AvgIpc) is 2.31. The van der Waals surface area contributed by atoms with Crippen LogP contribution in [0.4, 0.5) is 5.69 Å². The van der Waals surface area contributed by atoms with Gasteiger partial charge >= 0.3 is 0 Å². The number of anilines is 1. The van der Waals surface area contributed by atoms with Gasteiger partial charge in [0.25, 0.3) is 5.56 Å². The SMILES string of the molecule is CC[C@H](CO)NC(=O)Cn1cc(N)ccc1=O. The maximum absolute atomic E-state index is 11.6. The van der Waals surface area contributed by atoms with Crippen molar-refractivity contribution in [3.8, 4) is 0 Å². The lowest BCUT2D eigenvalue weighted by atomic mass is 10.2. The first kappa shape index (κ1) is 13.2. The second-order valence-electron chi connectivity index (χ2n) is 3.78. The van der Waals surface area contributed by atoms with Gasteiger partial charge in [0, 0.05) is 18.0 Å². The Bertz CT molecular complexity index is 438. The fraction of sp³-hybridized carbons (Fsp3) is 0.455. The Labute approximate surface area is 99.1 Å². The summed E-state index contributed by atoms with van der Waals surface area (Å²) in [6, 6.07) is 2.52. The van der Waals surface area contributed by atoms with E-state index in [2.05, 4.69) is 5.32 Å². The summed E-state index contributed by atoms with van der Waals surface area (Å²) in [5.74, 6) is -0.321. The molecule has 4 N–H and O–H groups in total. The highest BCUT2D eigenvalue weighted by atomic mass is 16.3. The Morgan fingerprint density at radius 1 is 1.59 bits per heavy atom. The topological polar surface area (TPSA) is 97.3 Å². The van der Waals surface area contributed by atoms with Crippen LogP contribution in [0.1, 0.15) is 13.3 Å². The van der Waals surface area contributed by atoms with Crippen molar-refractivity contribution in [2.45, 2.75) is 25.9 Å². The molecule has 0 aliphatic carbocycles. The number of aliphatic hydroxyl groups excluding tert-OH is 1. The summed E-state index contributed by atoms with van der Waals surface area (Å²) in [5.41, 5.74) is 5.66. The van der Waals surface area contributed by atoms with Gasteiger partial charge in [0.2, 0.25) is 5.91 Å². The molecule has 17 heavy (non-hydrogen) atoms. The van der Waals surface area contributed by atoms with Crippen molar-refractivity contribution < 1.29 is 9.90 Å². The minimum Gasteiger partial charge on any atom is -0.398 e. The second-order valence-corrected chi connectivity index (χ2v) is 3.78. The zero-order chi connectivity index (χ0) is 12.8.